The van der Waals surface area contributed by atoms with Crippen LogP contribution in [0.1, 0.15) is 83.0 Å². The maximum Gasteiger partial charge on any atom is 0.307 e. The van der Waals surface area contributed by atoms with Crippen molar-refractivity contribution in [2.24, 2.45) is 0 Å². The smallest absolute Gasteiger partial charge is 0.307 e. The van der Waals surface area contributed by atoms with E-state index in [1.807, 2.05) is 125 Å². The summed E-state index contributed by atoms with van der Waals surface area (Å²) in [6, 6.07) is 44.1. The van der Waals surface area contributed by atoms with Crippen molar-refractivity contribution in [3.8, 4) is 0 Å². The fourth-order valence-electron chi connectivity index (χ4n) is 9.16. The zero-order valence-corrected chi connectivity index (χ0v) is 40.0. The predicted octanol–water partition coefficient (Wildman–Crippen LogP) is 10.3. The molecule has 2 aliphatic rings. The van der Waals surface area contributed by atoms with Gasteiger partial charge in [-0.15, -0.1) is 0 Å². The molecular weight excluding hydrogens is 869 g/mol. The van der Waals surface area contributed by atoms with Gasteiger partial charge in [-0.1, -0.05) is 131 Å². The lowest BCUT2D eigenvalue weighted by molar-refractivity contribution is -0.144. The van der Waals surface area contributed by atoms with Gasteiger partial charge in [-0.2, -0.15) is 0 Å². The molecule has 0 saturated carbocycles. The van der Waals surface area contributed by atoms with E-state index in [-0.39, 0.29) is 47.7 Å². The molecule has 0 bridgehead atoms. The van der Waals surface area contributed by atoms with Crippen molar-refractivity contribution in [3.63, 3.8) is 0 Å². The normalized spacial score (nSPS) is 17.6. The number of hydrogen-bond acceptors (Lipinski definition) is 8. The Balaban J connectivity index is 0.000000196. The molecule has 12 heteroatoms. The van der Waals surface area contributed by atoms with Crippen LogP contribution >= 0.6 is 0 Å². The summed E-state index contributed by atoms with van der Waals surface area (Å²) >= 11 is 0. The summed E-state index contributed by atoms with van der Waals surface area (Å²) in [7, 11) is -7.78. The summed E-state index contributed by atoms with van der Waals surface area (Å²) in [5, 5.41) is 0. The topological polar surface area (TPSA) is 127 Å². The molecule has 0 saturated heterocycles. The van der Waals surface area contributed by atoms with Gasteiger partial charge in [0.05, 0.1) is 59.3 Å². The number of benzene rings is 6. The van der Waals surface area contributed by atoms with Crippen LogP contribution in [-0.2, 0) is 52.0 Å². The lowest BCUT2D eigenvalue weighted by Crippen LogP contribution is -2.41. The Hall–Kier alpha value is -6.24. The predicted molar refractivity (Wildman–Crippen MR) is 260 cm³/mol. The third-order valence-electron chi connectivity index (χ3n) is 12.3. The number of sulfonamides is 2. The Morgan fingerprint density at radius 3 is 1.14 bits per heavy atom. The molecule has 6 aromatic rings. The number of rotatable bonds is 14. The number of nitrogens with zero attached hydrogens (tertiary/aromatic N) is 2. The molecule has 4 atom stereocenters. The second-order valence-electron chi connectivity index (χ2n) is 17.1. The van der Waals surface area contributed by atoms with Gasteiger partial charge >= 0.3 is 11.9 Å². The molecule has 2 heterocycles. The van der Waals surface area contributed by atoms with Gasteiger partial charge in [0.15, 0.2) is 0 Å². The fourth-order valence-corrected chi connectivity index (χ4v) is 12.6. The monoisotopic (exact) mass is 926 g/mol. The van der Waals surface area contributed by atoms with E-state index in [1.54, 1.807) is 62.4 Å². The lowest BCUT2D eigenvalue weighted by Gasteiger charge is -2.29. The van der Waals surface area contributed by atoms with E-state index in [9.17, 15) is 26.4 Å². The number of aryl methyl sites for hydroxylation is 4. The summed E-state index contributed by atoms with van der Waals surface area (Å²) < 4.78 is 69.1. The molecule has 0 spiro atoms. The highest BCUT2D eigenvalue weighted by Gasteiger charge is 2.47. The summed E-state index contributed by atoms with van der Waals surface area (Å²) in [5.41, 5.74) is 9.43. The highest BCUT2D eigenvalue weighted by atomic mass is 32.2. The molecular formula is C54H58N2O8S2. The van der Waals surface area contributed by atoms with Crippen molar-refractivity contribution < 1.29 is 35.9 Å². The van der Waals surface area contributed by atoms with Crippen LogP contribution in [0.5, 0.6) is 0 Å². The van der Waals surface area contributed by atoms with Crippen molar-refractivity contribution >= 4 is 43.4 Å². The summed E-state index contributed by atoms with van der Waals surface area (Å²) in [5.74, 6) is -1.14. The molecule has 0 aliphatic carbocycles. The van der Waals surface area contributed by atoms with Gasteiger partial charge in [-0.05, 0) is 113 Å². The molecule has 10 nitrogen and oxygen atoms in total. The van der Waals surface area contributed by atoms with Gasteiger partial charge in [-0.3, -0.25) is 18.2 Å². The SMILES string of the molecule is CCOC(=O)C[C@@H]1[C@@H](Cc2ccccc2)c2cc(C)ccc2N1S(=O)(=O)c1ccc(C)cc1.CCOC(=O)C[C@H]1[C@H](Cc2ccccc2)c2cc(C)ccc2N1S(=O)(=O)c1ccc(C)cc1. The van der Waals surface area contributed by atoms with E-state index >= 15 is 0 Å². The molecule has 0 N–H and O–H groups in total. The van der Waals surface area contributed by atoms with E-state index < -0.39 is 44.1 Å². The number of fused-ring (bicyclic) bond motifs is 2. The van der Waals surface area contributed by atoms with Gasteiger partial charge < -0.3 is 9.47 Å². The first-order valence-corrected chi connectivity index (χ1v) is 25.3. The van der Waals surface area contributed by atoms with E-state index in [0.29, 0.717) is 24.2 Å². The molecule has 344 valence electrons. The minimum absolute atomic E-state index is 0.00976. The van der Waals surface area contributed by atoms with Crippen molar-refractivity contribution in [1.82, 2.24) is 0 Å². The van der Waals surface area contributed by atoms with Gasteiger partial charge in [0, 0.05) is 11.8 Å². The lowest BCUT2D eigenvalue weighted by atomic mass is 9.87. The molecule has 0 amide bonds. The Labute approximate surface area is 390 Å². The number of carbonyl (C=O) groups excluding carboxylic acids is 2. The maximum absolute atomic E-state index is 13.9. The van der Waals surface area contributed by atoms with Crippen molar-refractivity contribution in [2.75, 3.05) is 21.8 Å². The second kappa shape index (κ2) is 20.5. The average molecular weight is 927 g/mol. The van der Waals surface area contributed by atoms with Crippen molar-refractivity contribution in [2.45, 2.75) is 101 Å². The fraction of sp³-hybridized carbons (Fsp3) is 0.296. The first-order chi connectivity index (χ1) is 31.6. The number of hydrogen-bond donors (Lipinski definition) is 0. The zero-order chi connectivity index (χ0) is 47.2. The van der Waals surface area contributed by atoms with Crippen molar-refractivity contribution in [1.29, 1.82) is 0 Å². The summed E-state index contributed by atoms with van der Waals surface area (Å²) in [4.78, 5) is 25.7. The van der Waals surface area contributed by atoms with Crippen LogP contribution in [0.2, 0.25) is 0 Å². The summed E-state index contributed by atoms with van der Waals surface area (Å²) in [6.07, 6.45) is 1.23. The molecule has 0 unspecified atom stereocenters. The van der Waals surface area contributed by atoms with Gasteiger partial charge in [0.1, 0.15) is 0 Å². The molecule has 6 aromatic carbocycles. The van der Waals surface area contributed by atoms with Crippen LogP contribution < -0.4 is 8.61 Å². The van der Waals surface area contributed by atoms with Crippen LogP contribution in [0, 0.1) is 27.7 Å². The van der Waals surface area contributed by atoms with Crippen molar-refractivity contribution in [3.05, 3.63) is 190 Å². The minimum Gasteiger partial charge on any atom is -0.466 e. The average Bonchev–Trinajstić information content (AvgIpc) is 3.75. The Morgan fingerprint density at radius 2 is 0.803 bits per heavy atom. The van der Waals surface area contributed by atoms with Gasteiger partial charge in [-0.25, -0.2) is 16.8 Å². The largest absolute Gasteiger partial charge is 0.466 e. The van der Waals surface area contributed by atoms with E-state index in [2.05, 4.69) is 0 Å². The number of ether oxygens (including phenoxy) is 2. The Bertz CT molecular complexity index is 2670. The van der Waals surface area contributed by atoms with Crippen LogP contribution in [0.4, 0.5) is 11.4 Å². The highest BCUT2D eigenvalue weighted by molar-refractivity contribution is 7.93. The third-order valence-corrected chi connectivity index (χ3v) is 16.0. The maximum atomic E-state index is 13.9. The Morgan fingerprint density at radius 1 is 0.470 bits per heavy atom. The Kier molecular flexibility index (Phi) is 14.8. The van der Waals surface area contributed by atoms with E-state index in [1.165, 1.54) is 8.61 Å². The number of anilines is 2. The molecule has 8 rings (SSSR count). The van der Waals surface area contributed by atoms with Gasteiger partial charge in [0.2, 0.25) is 0 Å². The zero-order valence-electron chi connectivity index (χ0n) is 38.4. The first-order valence-electron chi connectivity index (χ1n) is 22.4. The molecule has 2 aliphatic heterocycles. The quantitative estimate of drug-likeness (QED) is 0.0989. The van der Waals surface area contributed by atoms with Crippen LogP contribution in [0.3, 0.4) is 0 Å². The molecule has 66 heavy (non-hydrogen) atoms. The highest BCUT2D eigenvalue weighted by Crippen LogP contribution is 2.49. The molecule has 0 fully saturated rings. The summed E-state index contributed by atoms with van der Waals surface area (Å²) in [6.45, 7) is 11.9. The standard InChI is InChI=1S/2C27H29NO4S/c2*1-4-32-27(29)18-26-24(17-21-8-6-5-7-9-21)23-16-20(3)12-15-25(23)28(26)33(30,31)22-13-10-19(2)11-14-22/h2*5-16,24,26H,4,17-18H2,1-3H3/t2*24-,26+/m10/s1. The van der Waals surface area contributed by atoms with E-state index in [0.717, 1.165) is 44.5 Å². The van der Waals surface area contributed by atoms with Crippen LogP contribution in [-0.4, -0.2) is 54.1 Å². The van der Waals surface area contributed by atoms with Gasteiger partial charge in [0.25, 0.3) is 20.0 Å². The van der Waals surface area contributed by atoms with Crippen LogP contribution in [0.25, 0.3) is 0 Å². The second-order valence-corrected chi connectivity index (χ2v) is 20.7. The molecule has 0 radical (unpaired) electrons. The third kappa shape index (κ3) is 10.4. The number of carbonyl (C=O) groups is 2. The minimum atomic E-state index is -3.89. The van der Waals surface area contributed by atoms with E-state index in [4.69, 9.17) is 9.47 Å². The first kappa shape index (κ1) is 47.7. The van der Waals surface area contributed by atoms with Crippen LogP contribution in [0.15, 0.2) is 155 Å². The number of esters is 2. The molecule has 0 aromatic heterocycles.